The molecule has 116 valence electrons. The van der Waals surface area contributed by atoms with E-state index >= 15 is 0 Å². The number of nitrogens with one attached hydrogen (secondary N) is 1. The third kappa shape index (κ3) is 4.59. The lowest BCUT2D eigenvalue weighted by Crippen LogP contribution is -2.43. The van der Waals surface area contributed by atoms with Crippen LogP contribution in [0, 0.1) is 20.8 Å². The lowest BCUT2D eigenvalue weighted by Gasteiger charge is -2.25. The molecule has 0 fully saturated rings. The summed E-state index contributed by atoms with van der Waals surface area (Å²) in [7, 11) is 0. The van der Waals surface area contributed by atoms with E-state index in [1.54, 1.807) is 4.90 Å². The van der Waals surface area contributed by atoms with Gasteiger partial charge in [-0.2, -0.15) is 0 Å². The zero-order valence-corrected chi connectivity index (χ0v) is 13.9. The summed E-state index contributed by atoms with van der Waals surface area (Å²) < 4.78 is 0. The minimum atomic E-state index is -0.126. The van der Waals surface area contributed by atoms with Crippen LogP contribution in [0.2, 0.25) is 0 Å². The van der Waals surface area contributed by atoms with E-state index in [9.17, 15) is 9.59 Å². The number of hydrogen-bond acceptors (Lipinski definition) is 2. The van der Waals surface area contributed by atoms with Crippen LogP contribution in [0.15, 0.2) is 12.1 Å². The molecule has 0 bridgehead atoms. The van der Waals surface area contributed by atoms with Crippen LogP contribution in [0.1, 0.15) is 43.9 Å². The number of carbonyl (C=O) groups excluding carboxylic acids is 2. The van der Waals surface area contributed by atoms with Gasteiger partial charge in [0.25, 0.3) is 0 Å². The molecule has 0 aliphatic carbocycles. The minimum absolute atomic E-state index is 0.0599. The Morgan fingerprint density at radius 2 is 1.71 bits per heavy atom. The highest BCUT2D eigenvalue weighted by atomic mass is 16.2. The Hall–Kier alpha value is -1.84. The second-order valence-corrected chi connectivity index (χ2v) is 5.73. The summed E-state index contributed by atoms with van der Waals surface area (Å²) in [6.45, 7) is 11.5. The highest BCUT2D eigenvalue weighted by Gasteiger charge is 2.20. The smallest absolute Gasteiger partial charge is 0.240 e. The summed E-state index contributed by atoms with van der Waals surface area (Å²) in [5, 5.41) is 2.90. The number of amides is 2. The van der Waals surface area contributed by atoms with Crippen LogP contribution in [-0.4, -0.2) is 24.4 Å². The fourth-order valence-electron chi connectivity index (χ4n) is 2.51. The molecule has 0 saturated heterocycles. The van der Waals surface area contributed by atoms with E-state index in [0.717, 1.165) is 28.8 Å². The quantitative estimate of drug-likeness (QED) is 0.906. The Balaban J connectivity index is 3.04. The van der Waals surface area contributed by atoms with Gasteiger partial charge in [-0.25, -0.2) is 0 Å². The van der Waals surface area contributed by atoms with E-state index < -0.39 is 0 Å². The van der Waals surface area contributed by atoms with Gasteiger partial charge in [-0.1, -0.05) is 24.6 Å². The molecule has 0 spiro atoms. The third-order valence-electron chi connectivity index (χ3n) is 3.61. The van der Waals surface area contributed by atoms with Crippen LogP contribution in [0.3, 0.4) is 0 Å². The maximum atomic E-state index is 12.1. The molecule has 0 radical (unpaired) electrons. The van der Waals surface area contributed by atoms with Gasteiger partial charge >= 0.3 is 0 Å². The van der Waals surface area contributed by atoms with Crippen molar-refractivity contribution in [3.63, 3.8) is 0 Å². The molecule has 2 amide bonds. The molecule has 1 unspecified atom stereocenters. The molecule has 21 heavy (non-hydrogen) atoms. The van der Waals surface area contributed by atoms with Gasteiger partial charge < -0.3 is 10.2 Å². The summed E-state index contributed by atoms with van der Waals surface area (Å²) >= 11 is 0. The molecule has 1 atom stereocenters. The molecule has 0 aromatic heterocycles. The maximum absolute atomic E-state index is 12.1. The van der Waals surface area contributed by atoms with Crippen molar-refractivity contribution < 1.29 is 9.59 Å². The van der Waals surface area contributed by atoms with E-state index in [4.69, 9.17) is 0 Å². The van der Waals surface area contributed by atoms with Crippen LogP contribution in [0.5, 0.6) is 0 Å². The first kappa shape index (κ1) is 17.2. The first-order chi connectivity index (χ1) is 9.76. The van der Waals surface area contributed by atoms with E-state index in [1.807, 2.05) is 46.8 Å². The second kappa shape index (κ2) is 7.25. The van der Waals surface area contributed by atoms with Crippen molar-refractivity contribution in [2.75, 3.05) is 11.4 Å². The molecule has 0 aliphatic rings. The van der Waals surface area contributed by atoms with Gasteiger partial charge in [0.1, 0.15) is 6.54 Å². The normalized spacial score (nSPS) is 11.9. The van der Waals surface area contributed by atoms with E-state index in [2.05, 4.69) is 5.32 Å². The number of carbonyl (C=O) groups is 2. The summed E-state index contributed by atoms with van der Waals surface area (Å²) in [6.07, 6.45) is 0.869. The molecule has 0 aliphatic heterocycles. The lowest BCUT2D eigenvalue weighted by molar-refractivity contribution is -0.123. The molecule has 4 heteroatoms. The first-order valence-corrected chi connectivity index (χ1v) is 7.41. The van der Waals surface area contributed by atoms with Crippen LogP contribution >= 0.6 is 0 Å². The molecular weight excluding hydrogens is 264 g/mol. The molecule has 1 aromatic carbocycles. The monoisotopic (exact) mass is 290 g/mol. The Bertz CT molecular complexity index is 515. The van der Waals surface area contributed by atoms with Crippen LogP contribution in [0.4, 0.5) is 5.69 Å². The predicted octanol–water partition coefficient (Wildman–Crippen LogP) is 2.88. The number of anilines is 1. The lowest BCUT2D eigenvalue weighted by atomic mass is 10.0. The van der Waals surface area contributed by atoms with E-state index in [-0.39, 0.29) is 24.4 Å². The maximum Gasteiger partial charge on any atom is 0.240 e. The van der Waals surface area contributed by atoms with Gasteiger partial charge in [0.15, 0.2) is 0 Å². The predicted molar refractivity (Wildman–Crippen MR) is 86.6 cm³/mol. The van der Waals surface area contributed by atoms with Crippen molar-refractivity contribution in [2.24, 2.45) is 0 Å². The standard InChI is InChI=1S/C17H26N2O2/c1-7-14(5)18-16(21)10-19(15(6)20)17-12(3)8-11(2)9-13(17)4/h8-9,14H,7,10H2,1-6H3,(H,18,21). The summed E-state index contributed by atoms with van der Waals surface area (Å²) in [4.78, 5) is 25.6. The van der Waals surface area contributed by atoms with Crippen LogP contribution in [0.25, 0.3) is 0 Å². The second-order valence-electron chi connectivity index (χ2n) is 5.73. The van der Waals surface area contributed by atoms with Crippen molar-refractivity contribution in [3.05, 3.63) is 28.8 Å². The van der Waals surface area contributed by atoms with Crippen molar-refractivity contribution in [3.8, 4) is 0 Å². The number of nitrogens with zero attached hydrogens (tertiary/aromatic N) is 1. The molecule has 1 N–H and O–H groups in total. The fraction of sp³-hybridized carbons (Fsp3) is 0.529. The SMILES string of the molecule is CCC(C)NC(=O)CN(C(C)=O)c1c(C)cc(C)cc1C. The van der Waals surface area contributed by atoms with Gasteiger partial charge in [-0.3, -0.25) is 9.59 Å². The molecule has 4 nitrogen and oxygen atoms in total. The van der Waals surface area contributed by atoms with Crippen LogP contribution in [-0.2, 0) is 9.59 Å². The van der Waals surface area contributed by atoms with Gasteiger partial charge in [0.05, 0.1) is 5.69 Å². The summed E-state index contributed by atoms with van der Waals surface area (Å²) in [6, 6.07) is 4.18. The Kier molecular flexibility index (Phi) is 5.94. The minimum Gasteiger partial charge on any atom is -0.352 e. The highest BCUT2D eigenvalue weighted by Crippen LogP contribution is 2.26. The zero-order chi connectivity index (χ0) is 16.2. The molecule has 1 rings (SSSR count). The molecular formula is C17H26N2O2. The number of aryl methyl sites for hydroxylation is 3. The Morgan fingerprint density at radius 1 is 1.19 bits per heavy atom. The Labute approximate surface area is 127 Å². The average molecular weight is 290 g/mol. The molecule has 0 saturated carbocycles. The number of benzene rings is 1. The topological polar surface area (TPSA) is 49.4 Å². The summed E-state index contributed by atoms with van der Waals surface area (Å²) in [5.41, 5.74) is 4.02. The van der Waals surface area contributed by atoms with Crippen LogP contribution < -0.4 is 10.2 Å². The highest BCUT2D eigenvalue weighted by molar-refractivity contribution is 5.98. The van der Waals surface area contributed by atoms with Crippen molar-refractivity contribution in [2.45, 2.75) is 54.0 Å². The third-order valence-corrected chi connectivity index (χ3v) is 3.61. The van der Waals surface area contributed by atoms with Gasteiger partial charge in [0.2, 0.25) is 11.8 Å². The van der Waals surface area contributed by atoms with Crippen molar-refractivity contribution >= 4 is 17.5 Å². The van der Waals surface area contributed by atoms with E-state index in [1.165, 1.54) is 6.92 Å². The Morgan fingerprint density at radius 3 is 2.14 bits per heavy atom. The van der Waals surface area contributed by atoms with Gasteiger partial charge in [-0.15, -0.1) is 0 Å². The molecule has 0 heterocycles. The molecule has 1 aromatic rings. The number of rotatable bonds is 5. The fourth-order valence-corrected chi connectivity index (χ4v) is 2.51. The summed E-state index contributed by atoms with van der Waals surface area (Å²) in [5.74, 6) is -0.247. The van der Waals surface area contributed by atoms with E-state index in [0.29, 0.717) is 0 Å². The average Bonchev–Trinajstić information content (AvgIpc) is 2.35. The first-order valence-electron chi connectivity index (χ1n) is 7.41. The van der Waals surface area contributed by atoms with Crippen molar-refractivity contribution in [1.29, 1.82) is 0 Å². The zero-order valence-electron chi connectivity index (χ0n) is 13.9. The number of hydrogen-bond donors (Lipinski definition) is 1. The largest absolute Gasteiger partial charge is 0.352 e. The van der Waals surface area contributed by atoms with Gasteiger partial charge in [0, 0.05) is 13.0 Å². The van der Waals surface area contributed by atoms with Crippen molar-refractivity contribution in [1.82, 2.24) is 5.32 Å². The van der Waals surface area contributed by atoms with Gasteiger partial charge in [-0.05, 0) is 45.2 Å².